The first-order valence-corrected chi connectivity index (χ1v) is 11.1. The summed E-state index contributed by atoms with van der Waals surface area (Å²) in [5.74, 6) is 0.988. The van der Waals surface area contributed by atoms with Crippen LogP contribution in [0.5, 0.6) is 0 Å². The summed E-state index contributed by atoms with van der Waals surface area (Å²) in [5, 5.41) is 12.8. The quantitative estimate of drug-likeness (QED) is 0.518. The van der Waals surface area contributed by atoms with E-state index in [0.717, 1.165) is 48.9 Å². The van der Waals surface area contributed by atoms with E-state index in [2.05, 4.69) is 59.1 Å². The van der Waals surface area contributed by atoms with Gasteiger partial charge < -0.3 is 14.6 Å². The second-order valence-corrected chi connectivity index (χ2v) is 8.30. The van der Waals surface area contributed by atoms with Gasteiger partial charge in [0.2, 0.25) is 0 Å². The van der Waals surface area contributed by atoms with Crippen LogP contribution in [0.25, 0.3) is 0 Å². The van der Waals surface area contributed by atoms with Crippen LogP contribution in [0, 0.1) is 13.8 Å². The van der Waals surface area contributed by atoms with E-state index in [1.54, 1.807) is 0 Å². The summed E-state index contributed by atoms with van der Waals surface area (Å²) < 4.78 is 7.64. The number of carbonyl (C=O) groups excluding carboxylic acids is 1. The molecule has 0 amide bonds. The Bertz CT molecular complexity index is 800. The first kappa shape index (κ1) is 20.7. The molecule has 7 heteroatoms. The molecule has 1 saturated carbocycles. The monoisotopic (exact) mass is 402 g/mol. The van der Waals surface area contributed by atoms with Crippen LogP contribution in [0.2, 0.25) is 0 Å². The number of aromatic nitrogens is 3. The minimum atomic E-state index is -0.155. The summed E-state index contributed by atoms with van der Waals surface area (Å²) in [4.78, 5) is 12.2. The van der Waals surface area contributed by atoms with Crippen LogP contribution < -0.4 is 5.32 Å². The zero-order valence-corrected chi connectivity index (χ0v) is 17.8. The number of rotatable bonds is 8. The molecule has 0 spiro atoms. The van der Waals surface area contributed by atoms with Gasteiger partial charge in [-0.3, -0.25) is 4.79 Å². The zero-order valence-electron chi connectivity index (χ0n) is 17.0. The van der Waals surface area contributed by atoms with Gasteiger partial charge in [0.05, 0.1) is 12.3 Å². The fourth-order valence-electron chi connectivity index (χ4n) is 3.59. The van der Waals surface area contributed by atoms with E-state index in [4.69, 9.17) is 4.74 Å². The summed E-state index contributed by atoms with van der Waals surface area (Å²) in [6.45, 7) is 7.61. The summed E-state index contributed by atoms with van der Waals surface area (Å²) in [7, 11) is 0. The van der Waals surface area contributed by atoms with Crippen molar-refractivity contribution in [3.8, 4) is 0 Å². The normalized spacial score (nSPS) is 14.8. The molecule has 0 radical (unpaired) electrons. The van der Waals surface area contributed by atoms with Crippen molar-refractivity contribution in [3.63, 3.8) is 0 Å². The van der Waals surface area contributed by atoms with Crippen molar-refractivity contribution in [1.29, 1.82) is 0 Å². The highest BCUT2D eigenvalue weighted by Crippen LogP contribution is 2.23. The standard InChI is InChI=1S/C21H30N4O2S/c1-4-25-19(13-22-18-11-10-15(2)12-16(18)3)23-24-21(25)28-14-20(26)27-17-8-6-5-7-9-17/h10-12,17,22H,4-9,13-14H2,1-3H3. The number of carbonyl (C=O) groups is 1. The zero-order chi connectivity index (χ0) is 19.9. The fraction of sp³-hybridized carbons (Fsp3) is 0.571. The molecule has 152 valence electrons. The molecule has 0 atom stereocenters. The fourth-order valence-corrected chi connectivity index (χ4v) is 4.39. The Morgan fingerprint density at radius 3 is 2.75 bits per heavy atom. The molecular formula is C21H30N4O2S. The maximum absolute atomic E-state index is 12.2. The Labute approximate surface area is 171 Å². The molecule has 2 aromatic rings. The van der Waals surface area contributed by atoms with Crippen LogP contribution in [0.4, 0.5) is 5.69 Å². The molecule has 1 aromatic carbocycles. The van der Waals surface area contributed by atoms with E-state index in [1.807, 2.05) is 0 Å². The third-order valence-corrected chi connectivity index (χ3v) is 6.04. The maximum atomic E-state index is 12.2. The van der Waals surface area contributed by atoms with E-state index in [0.29, 0.717) is 6.54 Å². The Balaban J connectivity index is 1.54. The molecule has 0 bridgehead atoms. The number of nitrogens with zero attached hydrogens (tertiary/aromatic N) is 3. The minimum absolute atomic E-state index is 0.100. The summed E-state index contributed by atoms with van der Waals surface area (Å²) in [6.07, 6.45) is 5.66. The number of esters is 1. The van der Waals surface area contributed by atoms with E-state index in [-0.39, 0.29) is 17.8 Å². The van der Waals surface area contributed by atoms with Gasteiger partial charge in [0.15, 0.2) is 11.0 Å². The van der Waals surface area contributed by atoms with Crippen molar-refractivity contribution >= 4 is 23.4 Å². The number of nitrogens with one attached hydrogen (secondary N) is 1. The van der Waals surface area contributed by atoms with Crippen molar-refractivity contribution in [3.05, 3.63) is 35.2 Å². The summed E-state index contributed by atoms with van der Waals surface area (Å²) in [5.41, 5.74) is 3.56. The second-order valence-electron chi connectivity index (χ2n) is 7.35. The predicted octanol–water partition coefficient (Wildman–Crippen LogP) is 4.49. The van der Waals surface area contributed by atoms with Crippen LogP contribution in [0.15, 0.2) is 23.4 Å². The molecule has 1 aliphatic rings. The van der Waals surface area contributed by atoms with E-state index < -0.39 is 0 Å². The lowest BCUT2D eigenvalue weighted by Crippen LogP contribution is -2.22. The number of hydrogen-bond acceptors (Lipinski definition) is 6. The molecule has 0 aliphatic heterocycles. The number of benzene rings is 1. The Hall–Kier alpha value is -2.02. The van der Waals surface area contributed by atoms with Crippen molar-refractivity contribution < 1.29 is 9.53 Å². The molecule has 1 fully saturated rings. The Kier molecular flexibility index (Phi) is 7.36. The molecule has 0 unspecified atom stereocenters. The first-order valence-electron chi connectivity index (χ1n) is 10.1. The lowest BCUT2D eigenvalue weighted by molar-refractivity contribution is -0.147. The molecule has 1 aromatic heterocycles. The number of hydrogen-bond donors (Lipinski definition) is 1. The van der Waals surface area contributed by atoms with Gasteiger partial charge >= 0.3 is 5.97 Å². The lowest BCUT2D eigenvalue weighted by Gasteiger charge is -2.21. The van der Waals surface area contributed by atoms with Crippen molar-refractivity contribution in [2.75, 3.05) is 11.1 Å². The number of ether oxygens (including phenoxy) is 1. The molecule has 1 aliphatic carbocycles. The van der Waals surface area contributed by atoms with Gasteiger partial charge in [-0.1, -0.05) is 35.9 Å². The van der Waals surface area contributed by atoms with Gasteiger partial charge in [0.25, 0.3) is 0 Å². The van der Waals surface area contributed by atoms with Gasteiger partial charge in [0.1, 0.15) is 6.10 Å². The van der Waals surface area contributed by atoms with Gasteiger partial charge in [0, 0.05) is 12.2 Å². The molecule has 3 rings (SSSR count). The van der Waals surface area contributed by atoms with Crippen LogP contribution in [-0.4, -0.2) is 32.6 Å². The van der Waals surface area contributed by atoms with Crippen molar-refractivity contribution in [2.45, 2.75) is 77.2 Å². The molecule has 1 heterocycles. The van der Waals surface area contributed by atoms with Crippen LogP contribution in [0.3, 0.4) is 0 Å². The van der Waals surface area contributed by atoms with E-state index >= 15 is 0 Å². The van der Waals surface area contributed by atoms with Gasteiger partial charge in [-0.25, -0.2) is 0 Å². The van der Waals surface area contributed by atoms with E-state index in [1.165, 1.54) is 29.3 Å². The number of anilines is 1. The SMILES string of the molecule is CCn1c(CNc2ccc(C)cc2C)nnc1SCC(=O)OC1CCCCC1. The second kappa shape index (κ2) is 9.96. The summed E-state index contributed by atoms with van der Waals surface area (Å²) in [6, 6.07) is 6.35. The van der Waals surface area contributed by atoms with Crippen LogP contribution in [-0.2, 0) is 22.6 Å². The molecule has 1 N–H and O–H groups in total. The topological polar surface area (TPSA) is 69.0 Å². The Morgan fingerprint density at radius 1 is 1.25 bits per heavy atom. The van der Waals surface area contributed by atoms with Gasteiger partial charge in [-0.2, -0.15) is 0 Å². The smallest absolute Gasteiger partial charge is 0.316 e. The minimum Gasteiger partial charge on any atom is -0.462 e. The average Bonchev–Trinajstić information content (AvgIpc) is 3.08. The molecule has 6 nitrogen and oxygen atoms in total. The number of thioether (sulfide) groups is 1. The highest BCUT2D eigenvalue weighted by molar-refractivity contribution is 7.99. The predicted molar refractivity (Wildman–Crippen MR) is 113 cm³/mol. The number of aryl methyl sites for hydroxylation is 2. The average molecular weight is 403 g/mol. The molecule has 0 saturated heterocycles. The Morgan fingerprint density at radius 2 is 2.04 bits per heavy atom. The van der Waals surface area contributed by atoms with Crippen molar-refractivity contribution in [1.82, 2.24) is 14.8 Å². The van der Waals surface area contributed by atoms with Crippen LogP contribution in [0.1, 0.15) is 56.0 Å². The van der Waals surface area contributed by atoms with Gasteiger partial charge in [-0.15, -0.1) is 10.2 Å². The molecule has 28 heavy (non-hydrogen) atoms. The largest absolute Gasteiger partial charge is 0.462 e. The first-order chi connectivity index (χ1) is 13.6. The van der Waals surface area contributed by atoms with E-state index in [9.17, 15) is 4.79 Å². The highest BCUT2D eigenvalue weighted by atomic mass is 32.2. The van der Waals surface area contributed by atoms with Crippen molar-refractivity contribution in [2.24, 2.45) is 0 Å². The third-order valence-electron chi connectivity index (χ3n) is 5.10. The van der Waals surface area contributed by atoms with Crippen LogP contribution >= 0.6 is 11.8 Å². The molecular weight excluding hydrogens is 372 g/mol. The summed E-state index contributed by atoms with van der Waals surface area (Å²) >= 11 is 1.40. The third kappa shape index (κ3) is 5.50. The highest BCUT2D eigenvalue weighted by Gasteiger charge is 2.19. The maximum Gasteiger partial charge on any atom is 0.316 e. The lowest BCUT2D eigenvalue weighted by atomic mass is 9.98. The van der Waals surface area contributed by atoms with Gasteiger partial charge in [-0.05, 0) is 58.1 Å².